The van der Waals surface area contributed by atoms with Gasteiger partial charge < -0.3 is 5.11 Å². The second-order valence-electron chi connectivity index (χ2n) is 5.23. The van der Waals surface area contributed by atoms with E-state index in [-0.39, 0.29) is 11.4 Å². The molecule has 0 saturated carbocycles. The third-order valence-electron chi connectivity index (χ3n) is 3.67. The summed E-state index contributed by atoms with van der Waals surface area (Å²) >= 11 is 0. The number of aliphatic carboxylic acids is 1. The minimum atomic E-state index is -3.76. The molecule has 1 unspecified atom stereocenters. The van der Waals surface area contributed by atoms with Crippen molar-refractivity contribution in [2.45, 2.75) is 44.0 Å². The zero-order valence-corrected chi connectivity index (χ0v) is 12.5. The van der Waals surface area contributed by atoms with Crippen LogP contribution in [0.1, 0.15) is 30.4 Å². The van der Waals surface area contributed by atoms with Crippen molar-refractivity contribution < 1.29 is 18.3 Å². The molecule has 1 aromatic carbocycles. The smallest absolute Gasteiger partial charge is 0.322 e. The zero-order chi connectivity index (χ0) is 14.9. The number of hydrogen-bond donors (Lipinski definition) is 1. The van der Waals surface area contributed by atoms with Crippen molar-refractivity contribution in [1.29, 1.82) is 0 Å². The number of rotatable bonds is 3. The highest BCUT2D eigenvalue weighted by molar-refractivity contribution is 7.89. The van der Waals surface area contributed by atoms with E-state index in [0.29, 0.717) is 18.4 Å². The van der Waals surface area contributed by atoms with Crippen LogP contribution in [0.4, 0.5) is 0 Å². The first-order chi connectivity index (χ1) is 9.34. The molecule has 20 heavy (non-hydrogen) atoms. The van der Waals surface area contributed by atoms with E-state index in [1.807, 2.05) is 13.0 Å². The molecule has 1 heterocycles. The van der Waals surface area contributed by atoms with E-state index in [9.17, 15) is 18.3 Å². The Hall–Kier alpha value is -1.40. The molecule has 0 aliphatic carbocycles. The number of carboxylic acids is 1. The van der Waals surface area contributed by atoms with Gasteiger partial charge in [-0.2, -0.15) is 4.31 Å². The molecule has 1 aliphatic rings. The van der Waals surface area contributed by atoms with Gasteiger partial charge in [0.2, 0.25) is 10.0 Å². The molecule has 1 fully saturated rings. The predicted octanol–water partition coefficient (Wildman–Crippen LogP) is 1.93. The van der Waals surface area contributed by atoms with Crippen LogP contribution in [0.2, 0.25) is 0 Å². The molecule has 1 saturated heterocycles. The van der Waals surface area contributed by atoms with E-state index in [0.717, 1.165) is 16.3 Å². The Morgan fingerprint density at radius 3 is 2.65 bits per heavy atom. The monoisotopic (exact) mass is 297 g/mol. The Balaban J connectivity index is 2.47. The van der Waals surface area contributed by atoms with Gasteiger partial charge in [-0.1, -0.05) is 12.1 Å². The van der Waals surface area contributed by atoms with Gasteiger partial charge in [0.25, 0.3) is 0 Å². The highest BCUT2D eigenvalue weighted by Gasteiger charge is 2.38. The number of carbonyl (C=O) groups is 1. The molecule has 0 radical (unpaired) electrons. The Morgan fingerprint density at radius 2 is 2.00 bits per heavy atom. The molecule has 2 rings (SSSR count). The van der Waals surface area contributed by atoms with Gasteiger partial charge in [0.15, 0.2) is 0 Å². The van der Waals surface area contributed by atoms with Gasteiger partial charge in [0.1, 0.15) is 6.04 Å². The van der Waals surface area contributed by atoms with Crippen LogP contribution in [0.3, 0.4) is 0 Å². The van der Waals surface area contributed by atoms with E-state index in [2.05, 4.69) is 0 Å². The molecular weight excluding hydrogens is 278 g/mol. The van der Waals surface area contributed by atoms with Crippen molar-refractivity contribution in [3.8, 4) is 0 Å². The van der Waals surface area contributed by atoms with Gasteiger partial charge in [-0.05, 0) is 50.3 Å². The molecule has 6 heteroatoms. The summed E-state index contributed by atoms with van der Waals surface area (Å²) in [6, 6.07) is 4.26. The maximum Gasteiger partial charge on any atom is 0.322 e. The summed E-state index contributed by atoms with van der Waals surface area (Å²) in [5.74, 6) is -1.07. The SMILES string of the molecule is Cc1ccc(C)c(S(=O)(=O)N2CCCCC2C(=O)O)c1. The van der Waals surface area contributed by atoms with Crippen LogP contribution in [0.5, 0.6) is 0 Å². The maximum absolute atomic E-state index is 12.7. The van der Waals surface area contributed by atoms with Crippen LogP contribution >= 0.6 is 0 Å². The number of hydrogen-bond acceptors (Lipinski definition) is 3. The molecule has 0 spiro atoms. The van der Waals surface area contributed by atoms with Crippen LogP contribution < -0.4 is 0 Å². The standard InChI is InChI=1S/C14H19NO4S/c1-10-6-7-11(2)13(9-10)20(18,19)15-8-4-3-5-12(15)14(16)17/h6-7,9,12H,3-5,8H2,1-2H3,(H,16,17). The summed E-state index contributed by atoms with van der Waals surface area (Å²) in [5, 5.41) is 9.24. The van der Waals surface area contributed by atoms with Crippen molar-refractivity contribution in [2.24, 2.45) is 0 Å². The Bertz CT molecular complexity index is 624. The molecule has 0 bridgehead atoms. The Kier molecular flexibility index (Phi) is 4.15. The number of sulfonamides is 1. The second-order valence-corrected chi connectivity index (χ2v) is 7.09. The second kappa shape index (κ2) is 5.54. The molecule has 1 N–H and O–H groups in total. The topological polar surface area (TPSA) is 74.7 Å². The highest BCUT2D eigenvalue weighted by Crippen LogP contribution is 2.27. The van der Waals surface area contributed by atoms with E-state index in [4.69, 9.17) is 0 Å². The minimum Gasteiger partial charge on any atom is -0.480 e. The average Bonchev–Trinajstić information content (AvgIpc) is 2.41. The molecular formula is C14H19NO4S. The molecule has 110 valence electrons. The highest BCUT2D eigenvalue weighted by atomic mass is 32.2. The molecule has 1 aliphatic heterocycles. The number of aryl methyl sites for hydroxylation is 2. The molecule has 0 aromatic heterocycles. The van der Waals surface area contributed by atoms with Crippen molar-refractivity contribution in [2.75, 3.05) is 6.54 Å². The van der Waals surface area contributed by atoms with Crippen LogP contribution in [0.15, 0.2) is 23.1 Å². The van der Waals surface area contributed by atoms with Gasteiger partial charge in [0, 0.05) is 6.54 Å². The fourth-order valence-corrected chi connectivity index (χ4v) is 4.51. The quantitative estimate of drug-likeness (QED) is 0.925. The number of benzene rings is 1. The van der Waals surface area contributed by atoms with E-state index in [1.54, 1.807) is 19.1 Å². The minimum absolute atomic E-state index is 0.214. The number of nitrogens with zero attached hydrogens (tertiary/aromatic N) is 1. The van der Waals surface area contributed by atoms with Gasteiger partial charge in [-0.3, -0.25) is 4.79 Å². The fourth-order valence-electron chi connectivity index (χ4n) is 2.55. The first kappa shape index (κ1) is 15.0. The lowest BCUT2D eigenvalue weighted by Gasteiger charge is -2.32. The maximum atomic E-state index is 12.7. The zero-order valence-electron chi connectivity index (χ0n) is 11.7. The predicted molar refractivity (Wildman–Crippen MR) is 75.1 cm³/mol. The van der Waals surface area contributed by atoms with Crippen molar-refractivity contribution in [1.82, 2.24) is 4.31 Å². The summed E-state index contributed by atoms with van der Waals surface area (Å²) in [4.78, 5) is 11.5. The summed E-state index contributed by atoms with van der Waals surface area (Å²) in [7, 11) is -3.76. The lowest BCUT2D eigenvalue weighted by atomic mass is 10.1. The number of piperidine rings is 1. The van der Waals surface area contributed by atoms with Crippen LogP contribution in [-0.4, -0.2) is 36.4 Å². The van der Waals surface area contributed by atoms with E-state index >= 15 is 0 Å². The normalized spacial score (nSPS) is 20.8. The Morgan fingerprint density at radius 1 is 1.30 bits per heavy atom. The van der Waals surface area contributed by atoms with Crippen LogP contribution in [0, 0.1) is 13.8 Å². The summed E-state index contributed by atoms with van der Waals surface area (Å²) in [5.41, 5.74) is 1.49. The first-order valence-corrected chi connectivity index (χ1v) is 8.10. The fraction of sp³-hybridized carbons (Fsp3) is 0.500. The summed E-state index contributed by atoms with van der Waals surface area (Å²) in [6.07, 6.45) is 1.82. The van der Waals surface area contributed by atoms with Crippen LogP contribution in [-0.2, 0) is 14.8 Å². The summed E-state index contributed by atoms with van der Waals surface area (Å²) < 4.78 is 26.6. The third kappa shape index (κ3) is 2.71. The number of carboxylic acid groups (broad SMARTS) is 1. The van der Waals surface area contributed by atoms with E-state index in [1.165, 1.54) is 0 Å². The van der Waals surface area contributed by atoms with Gasteiger partial charge in [-0.25, -0.2) is 8.42 Å². The van der Waals surface area contributed by atoms with Crippen molar-refractivity contribution >= 4 is 16.0 Å². The van der Waals surface area contributed by atoms with Crippen molar-refractivity contribution in [3.05, 3.63) is 29.3 Å². The van der Waals surface area contributed by atoms with Crippen molar-refractivity contribution in [3.63, 3.8) is 0 Å². The van der Waals surface area contributed by atoms with Gasteiger partial charge in [0.05, 0.1) is 4.90 Å². The largest absolute Gasteiger partial charge is 0.480 e. The molecule has 1 atom stereocenters. The van der Waals surface area contributed by atoms with Gasteiger partial charge >= 0.3 is 5.97 Å². The summed E-state index contributed by atoms with van der Waals surface area (Å²) in [6.45, 7) is 3.82. The van der Waals surface area contributed by atoms with Crippen LogP contribution in [0.25, 0.3) is 0 Å². The van der Waals surface area contributed by atoms with Gasteiger partial charge in [-0.15, -0.1) is 0 Å². The molecule has 1 aromatic rings. The molecule has 0 amide bonds. The first-order valence-electron chi connectivity index (χ1n) is 6.66. The van der Waals surface area contributed by atoms with E-state index < -0.39 is 22.0 Å². The lowest BCUT2D eigenvalue weighted by Crippen LogP contribution is -2.47. The Labute approximate surface area is 119 Å². The third-order valence-corrected chi connectivity index (χ3v) is 5.72. The average molecular weight is 297 g/mol. The lowest BCUT2D eigenvalue weighted by molar-refractivity contribution is -0.142. The molecule has 5 nitrogen and oxygen atoms in total.